The SMILES string of the molecule is CNC(Cc1ccc(F)cc1)c1ccc(Br)cn1. The summed E-state index contributed by atoms with van der Waals surface area (Å²) in [5, 5.41) is 3.23. The summed E-state index contributed by atoms with van der Waals surface area (Å²) >= 11 is 3.37. The molecule has 4 heteroatoms. The van der Waals surface area contributed by atoms with Gasteiger partial charge in [-0.1, -0.05) is 12.1 Å². The molecule has 0 aliphatic carbocycles. The molecule has 0 aliphatic rings. The monoisotopic (exact) mass is 308 g/mol. The van der Waals surface area contributed by atoms with Gasteiger partial charge < -0.3 is 5.32 Å². The van der Waals surface area contributed by atoms with Crippen LogP contribution in [0.3, 0.4) is 0 Å². The first kappa shape index (κ1) is 13.2. The Labute approximate surface area is 114 Å². The van der Waals surface area contributed by atoms with E-state index in [2.05, 4.69) is 26.2 Å². The molecule has 0 amide bonds. The minimum Gasteiger partial charge on any atom is -0.311 e. The van der Waals surface area contributed by atoms with E-state index in [0.29, 0.717) is 0 Å². The van der Waals surface area contributed by atoms with Crippen LogP contribution in [0.25, 0.3) is 0 Å². The van der Waals surface area contributed by atoms with Crippen molar-refractivity contribution in [3.63, 3.8) is 0 Å². The number of hydrogen-bond donors (Lipinski definition) is 1. The van der Waals surface area contributed by atoms with E-state index in [0.717, 1.165) is 22.2 Å². The molecule has 18 heavy (non-hydrogen) atoms. The van der Waals surface area contributed by atoms with Gasteiger partial charge in [0, 0.05) is 10.7 Å². The van der Waals surface area contributed by atoms with Crippen LogP contribution in [0, 0.1) is 5.82 Å². The van der Waals surface area contributed by atoms with E-state index in [1.165, 1.54) is 12.1 Å². The standard InChI is InChI=1S/C14H14BrFN2/c1-17-14(13-7-4-11(15)9-18-13)8-10-2-5-12(16)6-3-10/h2-7,9,14,17H,8H2,1H3. The predicted octanol–water partition coefficient (Wildman–Crippen LogP) is 3.49. The van der Waals surface area contributed by atoms with Crippen molar-refractivity contribution in [2.24, 2.45) is 0 Å². The number of hydrogen-bond acceptors (Lipinski definition) is 2. The second kappa shape index (κ2) is 6.07. The van der Waals surface area contributed by atoms with E-state index in [1.807, 2.05) is 19.2 Å². The van der Waals surface area contributed by atoms with E-state index in [9.17, 15) is 4.39 Å². The second-order valence-electron chi connectivity index (χ2n) is 4.07. The van der Waals surface area contributed by atoms with Gasteiger partial charge in [0.05, 0.1) is 11.7 Å². The Morgan fingerprint density at radius 1 is 1.22 bits per heavy atom. The van der Waals surface area contributed by atoms with Crippen LogP contribution in [-0.4, -0.2) is 12.0 Å². The third kappa shape index (κ3) is 3.37. The molecule has 0 bridgehead atoms. The van der Waals surface area contributed by atoms with Crippen molar-refractivity contribution in [1.82, 2.24) is 10.3 Å². The highest BCUT2D eigenvalue weighted by molar-refractivity contribution is 9.10. The van der Waals surface area contributed by atoms with Gasteiger partial charge in [-0.2, -0.15) is 0 Å². The van der Waals surface area contributed by atoms with Crippen LogP contribution in [0.1, 0.15) is 17.3 Å². The van der Waals surface area contributed by atoms with E-state index in [-0.39, 0.29) is 11.9 Å². The van der Waals surface area contributed by atoms with E-state index in [4.69, 9.17) is 0 Å². The number of rotatable bonds is 4. The molecular weight excluding hydrogens is 295 g/mol. The fourth-order valence-corrected chi connectivity index (χ4v) is 2.04. The quantitative estimate of drug-likeness (QED) is 0.935. The largest absolute Gasteiger partial charge is 0.311 e. The van der Waals surface area contributed by atoms with Crippen LogP contribution >= 0.6 is 15.9 Å². The van der Waals surface area contributed by atoms with Gasteiger partial charge in [0.15, 0.2) is 0 Å². The summed E-state index contributed by atoms with van der Waals surface area (Å²) in [6.45, 7) is 0. The molecule has 0 spiro atoms. The molecule has 0 fully saturated rings. The number of nitrogens with zero attached hydrogens (tertiary/aromatic N) is 1. The number of benzene rings is 1. The molecule has 2 rings (SSSR count). The van der Waals surface area contributed by atoms with Gasteiger partial charge in [-0.3, -0.25) is 4.98 Å². The van der Waals surface area contributed by atoms with Crippen LogP contribution in [0.5, 0.6) is 0 Å². The van der Waals surface area contributed by atoms with Gasteiger partial charge in [-0.05, 0) is 59.2 Å². The Kier molecular flexibility index (Phi) is 4.44. The van der Waals surface area contributed by atoms with Gasteiger partial charge in [-0.15, -0.1) is 0 Å². The third-order valence-electron chi connectivity index (χ3n) is 2.81. The average Bonchev–Trinajstić information content (AvgIpc) is 2.39. The summed E-state index contributed by atoms with van der Waals surface area (Å²) in [7, 11) is 1.90. The maximum absolute atomic E-state index is 12.8. The molecule has 2 aromatic rings. The van der Waals surface area contributed by atoms with Crippen LogP contribution < -0.4 is 5.32 Å². The van der Waals surface area contributed by atoms with Crippen LogP contribution in [0.2, 0.25) is 0 Å². The third-order valence-corrected chi connectivity index (χ3v) is 3.28. The van der Waals surface area contributed by atoms with E-state index < -0.39 is 0 Å². The van der Waals surface area contributed by atoms with Crippen LogP contribution in [0.15, 0.2) is 47.1 Å². The van der Waals surface area contributed by atoms with Crippen molar-refractivity contribution in [2.75, 3.05) is 7.05 Å². The number of pyridine rings is 1. The molecule has 0 radical (unpaired) electrons. The molecule has 2 nitrogen and oxygen atoms in total. The highest BCUT2D eigenvalue weighted by Gasteiger charge is 2.11. The van der Waals surface area contributed by atoms with Crippen LogP contribution in [-0.2, 0) is 6.42 Å². The number of halogens is 2. The highest BCUT2D eigenvalue weighted by Crippen LogP contribution is 2.18. The van der Waals surface area contributed by atoms with Crippen molar-refractivity contribution in [1.29, 1.82) is 0 Å². The molecule has 1 aromatic heterocycles. The zero-order valence-electron chi connectivity index (χ0n) is 10.0. The average molecular weight is 309 g/mol. The molecule has 0 saturated heterocycles. The second-order valence-corrected chi connectivity index (χ2v) is 4.99. The minimum atomic E-state index is -0.207. The normalized spacial score (nSPS) is 12.4. The first-order valence-electron chi connectivity index (χ1n) is 5.72. The molecule has 1 heterocycles. The summed E-state index contributed by atoms with van der Waals surface area (Å²) in [6.07, 6.45) is 2.57. The van der Waals surface area contributed by atoms with Gasteiger partial charge >= 0.3 is 0 Å². The molecule has 1 atom stereocenters. The Morgan fingerprint density at radius 2 is 1.94 bits per heavy atom. The summed E-state index contributed by atoms with van der Waals surface area (Å²) in [5.41, 5.74) is 2.06. The fraction of sp³-hybridized carbons (Fsp3) is 0.214. The van der Waals surface area contributed by atoms with Gasteiger partial charge in [0.1, 0.15) is 5.82 Å². The first-order valence-corrected chi connectivity index (χ1v) is 6.51. The van der Waals surface area contributed by atoms with E-state index in [1.54, 1.807) is 18.3 Å². The fourth-order valence-electron chi connectivity index (χ4n) is 1.80. The highest BCUT2D eigenvalue weighted by atomic mass is 79.9. The lowest BCUT2D eigenvalue weighted by atomic mass is 10.0. The Bertz CT molecular complexity index is 496. The van der Waals surface area contributed by atoms with Gasteiger partial charge in [-0.25, -0.2) is 4.39 Å². The Balaban J connectivity index is 2.14. The molecule has 0 saturated carbocycles. The maximum atomic E-state index is 12.8. The zero-order chi connectivity index (χ0) is 13.0. The lowest BCUT2D eigenvalue weighted by molar-refractivity contribution is 0.573. The lowest BCUT2D eigenvalue weighted by Crippen LogP contribution is -2.19. The predicted molar refractivity (Wildman–Crippen MR) is 73.8 cm³/mol. The topological polar surface area (TPSA) is 24.9 Å². The van der Waals surface area contributed by atoms with Gasteiger partial charge in [0.25, 0.3) is 0 Å². The minimum absolute atomic E-state index is 0.128. The zero-order valence-corrected chi connectivity index (χ0v) is 11.6. The summed E-state index contributed by atoms with van der Waals surface area (Å²) in [4.78, 5) is 4.38. The van der Waals surface area contributed by atoms with Crippen molar-refractivity contribution < 1.29 is 4.39 Å². The number of likely N-dealkylation sites (N-methyl/N-ethyl adjacent to an activating group) is 1. The first-order chi connectivity index (χ1) is 8.69. The van der Waals surface area contributed by atoms with Crippen molar-refractivity contribution in [3.05, 3.63) is 64.1 Å². The summed E-state index contributed by atoms with van der Waals surface area (Å²) in [5.74, 6) is -0.207. The summed E-state index contributed by atoms with van der Waals surface area (Å²) < 4.78 is 13.8. The Morgan fingerprint density at radius 3 is 2.50 bits per heavy atom. The van der Waals surface area contributed by atoms with E-state index >= 15 is 0 Å². The number of nitrogens with one attached hydrogen (secondary N) is 1. The molecule has 1 N–H and O–H groups in total. The van der Waals surface area contributed by atoms with Gasteiger partial charge in [0.2, 0.25) is 0 Å². The molecular formula is C14H14BrFN2. The van der Waals surface area contributed by atoms with Crippen molar-refractivity contribution in [3.8, 4) is 0 Å². The molecule has 94 valence electrons. The molecule has 0 aliphatic heterocycles. The molecule has 1 unspecified atom stereocenters. The van der Waals surface area contributed by atoms with Crippen molar-refractivity contribution >= 4 is 15.9 Å². The number of aromatic nitrogens is 1. The smallest absolute Gasteiger partial charge is 0.123 e. The Hall–Kier alpha value is -1.26. The molecule has 1 aromatic carbocycles. The van der Waals surface area contributed by atoms with Crippen molar-refractivity contribution in [2.45, 2.75) is 12.5 Å². The lowest BCUT2D eigenvalue weighted by Gasteiger charge is -2.15. The maximum Gasteiger partial charge on any atom is 0.123 e. The van der Waals surface area contributed by atoms with Crippen LogP contribution in [0.4, 0.5) is 4.39 Å². The summed E-state index contributed by atoms with van der Waals surface area (Å²) in [6, 6.07) is 10.7.